The molecule has 0 atom stereocenters. The Bertz CT molecular complexity index is 1150. The second kappa shape index (κ2) is 7.20. The summed E-state index contributed by atoms with van der Waals surface area (Å²) in [4.78, 5) is 41.5. The Hall–Kier alpha value is -3.28. The number of non-ortho nitro benzene ring substituents is 1. The number of halogens is 3. The standard InChI is InChI=1S/C18H15F3N4O4S/c1-17(2,3)15(27)23-4-6-24(7-5-23)16-22-14(26)11-8-10(18(19,20)21)9-12(25(28)29)13(11)30-16/h4-9H,1-3H3. The number of amides is 1. The largest absolute Gasteiger partial charge is 0.416 e. The number of alkyl halides is 3. The zero-order valence-electron chi connectivity index (χ0n) is 15.9. The van der Waals surface area contributed by atoms with Crippen molar-refractivity contribution in [3.8, 4) is 0 Å². The molecule has 0 unspecified atom stereocenters. The predicted octanol–water partition coefficient (Wildman–Crippen LogP) is 4.22. The highest BCUT2D eigenvalue weighted by molar-refractivity contribution is 7.22. The number of carbonyl (C=O) groups is 1. The molecule has 0 saturated carbocycles. The molecule has 1 aromatic carbocycles. The maximum Gasteiger partial charge on any atom is 0.416 e. The first-order chi connectivity index (χ1) is 13.8. The van der Waals surface area contributed by atoms with Crippen molar-refractivity contribution in [2.24, 2.45) is 5.41 Å². The lowest BCUT2D eigenvalue weighted by molar-refractivity contribution is -0.383. The van der Waals surface area contributed by atoms with Crippen LogP contribution < -0.4 is 10.5 Å². The number of anilines is 1. The molecule has 0 spiro atoms. The SMILES string of the molecule is CC(C)(C)C(=O)N1C=CN(c2nc(=O)c3cc(C(F)(F)F)cc([N+](=O)[O-])c3s2)C=C1. The van der Waals surface area contributed by atoms with Crippen LogP contribution in [0.3, 0.4) is 0 Å². The molecule has 12 heteroatoms. The monoisotopic (exact) mass is 440 g/mol. The van der Waals surface area contributed by atoms with E-state index < -0.39 is 38.7 Å². The van der Waals surface area contributed by atoms with Crippen molar-refractivity contribution in [2.45, 2.75) is 26.9 Å². The minimum atomic E-state index is -4.85. The van der Waals surface area contributed by atoms with Crippen molar-refractivity contribution >= 4 is 38.1 Å². The number of nitro groups is 1. The van der Waals surface area contributed by atoms with Gasteiger partial charge in [0.15, 0.2) is 5.13 Å². The van der Waals surface area contributed by atoms with Crippen molar-refractivity contribution in [3.05, 3.63) is 63.0 Å². The van der Waals surface area contributed by atoms with Crippen molar-refractivity contribution in [1.82, 2.24) is 9.88 Å². The summed E-state index contributed by atoms with van der Waals surface area (Å²) in [7, 11) is 0. The number of hydrogen-bond donors (Lipinski definition) is 0. The lowest BCUT2D eigenvalue weighted by Gasteiger charge is -2.27. The van der Waals surface area contributed by atoms with E-state index in [4.69, 9.17) is 0 Å². The van der Waals surface area contributed by atoms with Crippen molar-refractivity contribution in [1.29, 1.82) is 0 Å². The molecule has 1 aromatic heterocycles. The summed E-state index contributed by atoms with van der Waals surface area (Å²) in [6, 6.07) is 0.956. The van der Waals surface area contributed by atoms with Crippen LogP contribution in [0.4, 0.5) is 24.0 Å². The molecule has 0 aliphatic carbocycles. The Morgan fingerprint density at radius 3 is 2.23 bits per heavy atom. The Labute approximate surface area is 171 Å². The molecule has 158 valence electrons. The zero-order valence-corrected chi connectivity index (χ0v) is 16.7. The summed E-state index contributed by atoms with van der Waals surface area (Å²) in [5.74, 6) is -0.190. The average Bonchev–Trinajstić information content (AvgIpc) is 2.65. The third-order valence-corrected chi connectivity index (χ3v) is 5.20. The van der Waals surface area contributed by atoms with E-state index in [2.05, 4.69) is 4.98 Å². The van der Waals surface area contributed by atoms with Crippen molar-refractivity contribution in [3.63, 3.8) is 0 Å². The van der Waals surface area contributed by atoms with Gasteiger partial charge < -0.3 is 0 Å². The summed E-state index contributed by atoms with van der Waals surface area (Å²) >= 11 is 0.697. The number of hydrogen-bond acceptors (Lipinski definition) is 7. The molecule has 1 amide bonds. The van der Waals surface area contributed by atoms with Gasteiger partial charge in [0.1, 0.15) is 4.70 Å². The number of nitrogens with zero attached hydrogens (tertiary/aromatic N) is 4. The van der Waals surface area contributed by atoms with Crippen LogP contribution in [0.1, 0.15) is 26.3 Å². The van der Waals surface area contributed by atoms with Crippen molar-refractivity contribution in [2.75, 3.05) is 4.90 Å². The molecule has 3 rings (SSSR count). The third-order valence-electron chi connectivity index (χ3n) is 4.09. The van der Waals surface area contributed by atoms with Crippen LogP contribution in [0.5, 0.6) is 0 Å². The van der Waals surface area contributed by atoms with E-state index in [1.165, 1.54) is 34.6 Å². The van der Waals surface area contributed by atoms with Crippen LogP contribution in [0.15, 0.2) is 41.7 Å². The van der Waals surface area contributed by atoms with Gasteiger partial charge in [-0.3, -0.25) is 29.5 Å². The van der Waals surface area contributed by atoms with Gasteiger partial charge in [0.25, 0.3) is 11.2 Å². The molecule has 1 aliphatic rings. The highest BCUT2D eigenvalue weighted by atomic mass is 32.1. The fraction of sp³-hybridized carbons (Fsp3) is 0.278. The fourth-order valence-electron chi connectivity index (χ4n) is 2.59. The van der Waals surface area contributed by atoms with E-state index in [1.807, 2.05) is 0 Å². The first kappa shape index (κ1) is 21.4. The first-order valence-corrected chi connectivity index (χ1v) is 9.29. The van der Waals surface area contributed by atoms with E-state index in [9.17, 15) is 32.9 Å². The summed E-state index contributed by atoms with van der Waals surface area (Å²) in [5, 5.41) is 10.9. The van der Waals surface area contributed by atoms with Gasteiger partial charge in [-0.1, -0.05) is 32.1 Å². The van der Waals surface area contributed by atoms with Crippen LogP contribution >= 0.6 is 11.3 Å². The second-order valence-corrected chi connectivity index (χ2v) is 8.37. The van der Waals surface area contributed by atoms with E-state index in [-0.39, 0.29) is 15.7 Å². The molecule has 0 bridgehead atoms. The Kier molecular flexibility index (Phi) is 5.14. The van der Waals surface area contributed by atoms with Gasteiger partial charge in [0.05, 0.1) is 15.9 Å². The smallest absolute Gasteiger partial charge is 0.297 e. The van der Waals surface area contributed by atoms with Gasteiger partial charge in [-0.2, -0.15) is 18.2 Å². The molecule has 8 nitrogen and oxygen atoms in total. The molecular formula is C18H15F3N4O4S. The van der Waals surface area contributed by atoms with Gasteiger partial charge >= 0.3 is 6.18 Å². The Morgan fingerprint density at radius 1 is 1.13 bits per heavy atom. The predicted molar refractivity (Wildman–Crippen MR) is 105 cm³/mol. The normalized spacial score (nSPS) is 14.5. The number of aromatic nitrogens is 1. The number of fused-ring (bicyclic) bond motifs is 1. The summed E-state index contributed by atoms with van der Waals surface area (Å²) in [6.45, 7) is 5.23. The van der Waals surface area contributed by atoms with Crippen molar-refractivity contribution < 1.29 is 22.9 Å². The van der Waals surface area contributed by atoms with Gasteiger partial charge in [0.2, 0.25) is 5.91 Å². The summed E-state index contributed by atoms with van der Waals surface area (Å²) in [5.41, 5.74) is -3.79. The van der Waals surface area contributed by atoms with E-state index in [0.29, 0.717) is 23.5 Å². The lowest BCUT2D eigenvalue weighted by atomic mass is 9.95. The molecule has 0 radical (unpaired) electrons. The van der Waals surface area contributed by atoms with Gasteiger partial charge in [-0.25, -0.2) is 0 Å². The van der Waals surface area contributed by atoms with Gasteiger partial charge in [0, 0.05) is 36.3 Å². The Morgan fingerprint density at radius 2 is 1.73 bits per heavy atom. The minimum absolute atomic E-state index is 0.00529. The highest BCUT2D eigenvalue weighted by Gasteiger charge is 2.34. The molecule has 30 heavy (non-hydrogen) atoms. The maximum atomic E-state index is 13.0. The topological polar surface area (TPSA) is 96.7 Å². The van der Waals surface area contributed by atoms with E-state index >= 15 is 0 Å². The van der Waals surface area contributed by atoms with Gasteiger partial charge in [-0.05, 0) is 6.07 Å². The molecule has 2 heterocycles. The number of rotatable bonds is 2. The lowest BCUT2D eigenvalue weighted by Crippen LogP contribution is -2.34. The van der Waals surface area contributed by atoms with E-state index in [1.54, 1.807) is 20.8 Å². The zero-order chi connectivity index (χ0) is 22.4. The van der Waals surface area contributed by atoms with E-state index in [0.717, 1.165) is 0 Å². The minimum Gasteiger partial charge on any atom is -0.297 e. The quantitative estimate of drug-likeness (QED) is 0.512. The second-order valence-electron chi connectivity index (χ2n) is 7.39. The average molecular weight is 440 g/mol. The van der Waals surface area contributed by atoms with Crippen LogP contribution in [0.25, 0.3) is 10.1 Å². The number of nitro benzene ring substituents is 1. The fourth-order valence-corrected chi connectivity index (χ4v) is 3.62. The number of carbonyl (C=O) groups excluding carboxylic acids is 1. The molecule has 0 N–H and O–H groups in total. The summed E-state index contributed by atoms with van der Waals surface area (Å²) < 4.78 is 38.9. The molecule has 2 aromatic rings. The van der Waals surface area contributed by atoms with Crippen LogP contribution in [0.2, 0.25) is 0 Å². The highest BCUT2D eigenvalue weighted by Crippen LogP contribution is 2.38. The van der Waals surface area contributed by atoms with Crippen LogP contribution in [0, 0.1) is 15.5 Å². The van der Waals surface area contributed by atoms with Gasteiger partial charge in [-0.15, -0.1) is 0 Å². The first-order valence-electron chi connectivity index (χ1n) is 8.47. The van der Waals surface area contributed by atoms with Crippen LogP contribution in [-0.2, 0) is 11.0 Å². The molecule has 1 aliphatic heterocycles. The third kappa shape index (κ3) is 4.03. The molecular weight excluding hydrogens is 425 g/mol. The molecule has 0 fully saturated rings. The van der Waals surface area contributed by atoms with Crippen LogP contribution in [-0.4, -0.2) is 20.7 Å². The molecule has 0 saturated heterocycles. The maximum absolute atomic E-state index is 13.0. The Balaban J connectivity index is 2.07. The summed E-state index contributed by atoms with van der Waals surface area (Å²) in [6.07, 6.45) is 0.846. The number of benzene rings is 1.